The molecule has 2 unspecified atom stereocenters. The Labute approximate surface area is 134 Å². The molecule has 2 atom stereocenters. The zero-order valence-electron chi connectivity index (χ0n) is 12.2. The Bertz CT molecular complexity index is 591. The van der Waals surface area contributed by atoms with Crippen molar-refractivity contribution >= 4 is 26.0 Å². The Morgan fingerprint density at radius 3 is 2.71 bits per heavy atom. The summed E-state index contributed by atoms with van der Waals surface area (Å²) in [6.07, 6.45) is 4.55. The maximum Gasteiger partial charge on any atom is 0.264 e. The minimum absolute atomic E-state index is 0.0826. The number of pyridine rings is 1. The van der Waals surface area contributed by atoms with Crippen molar-refractivity contribution < 1.29 is 17.3 Å². The van der Waals surface area contributed by atoms with Gasteiger partial charge in [0.25, 0.3) is 10.1 Å². The zero-order valence-corrected chi connectivity index (χ0v) is 14.6. The van der Waals surface area contributed by atoms with Crippen LogP contribution in [-0.2, 0) is 14.3 Å². The monoisotopic (exact) mass is 377 g/mol. The van der Waals surface area contributed by atoms with E-state index in [2.05, 4.69) is 20.9 Å². The number of ether oxygens (including phenoxy) is 1. The van der Waals surface area contributed by atoms with Crippen molar-refractivity contribution in [1.29, 1.82) is 0 Å². The van der Waals surface area contributed by atoms with Crippen molar-refractivity contribution in [3.8, 4) is 5.88 Å². The fourth-order valence-corrected chi connectivity index (χ4v) is 3.43. The first-order valence-corrected chi connectivity index (χ1v) is 9.60. The molecule has 1 fully saturated rings. The van der Waals surface area contributed by atoms with Gasteiger partial charge in [0.1, 0.15) is 0 Å². The average molecular weight is 378 g/mol. The molecule has 1 aliphatic carbocycles. The van der Waals surface area contributed by atoms with E-state index in [-0.39, 0.29) is 12.0 Å². The summed E-state index contributed by atoms with van der Waals surface area (Å²) in [5.74, 6) is 0.638. The van der Waals surface area contributed by atoms with Crippen LogP contribution in [0.4, 0.5) is 0 Å². The molecule has 1 heterocycles. The van der Waals surface area contributed by atoms with E-state index in [1.54, 1.807) is 6.07 Å². The number of nitrogens with zero attached hydrogens (tertiary/aromatic N) is 1. The Morgan fingerprint density at radius 2 is 2.05 bits per heavy atom. The molecule has 2 rings (SSSR count). The number of aromatic nitrogens is 1. The molecule has 1 aromatic heterocycles. The van der Waals surface area contributed by atoms with Crippen molar-refractivity contribution in [2.75, 3.05) is 12.9 Å². The molecule has 0 bridgehead atoms. The third-order valence-electron chi connectivity index (χ3n) is 3.58. The lowest BCUT2D eigenvalue weighted by Gasteiger charge is -2.30. The topological polar surface area (TPSA) is 65.5 Å². The van der Waals surface area contributed by atoms with Crippen LogP contribution in [0.25, 0.3) is 0 Å². The van der Waals surface area contributed by atoms with E-state index in [0.717, 1.165) is 42.1 Å². The Balaban J connectivity index is 1.97. The molecule has 0 spiro atoms. The second kappa shape index (κ2) is 7.07. The van der Waals surface area contributed by atoms with Crippen LogP contribution in [0.1, 0.15) is 31.4 Å². The molecule has 5 nitrogen and oxygen atoms in total. The Hall–Kier alpha value is -0.660. The quantitative estimate of drug-likeness (QED) is 0.737. The van der Waals surface area contributed by atoms with Gasteiger partial charge in [0.05, 0.1) is 24.7 Å². The van der Waals surface area contributed by atoms with Gasteiger partial charge >= 0.3 is 0 Å². The normalized spacial score (nSPS) is 23.0. The highest BCUT2D eigenvalue weighted by Gasteiger charge is 2.29. The molecule has 0 aromatic carbocycles. The summed E-state index contributed by atoms with van der Waals surface area (Å²) < 4.78 is 34.5. The first-order chi connectivity index (χ1) is 9.85. The smallest absolute Gasteiger partial charge is 0.264 e. The Kier molecular flexibility index (Phi) is 5.62. The maximum absolute atomic E-state index is 11.3. The van der Waals surface area contributed by atoms with Crippen LogP contribution >= 0.6 is 15.9 Å². The third-order valence-corrected chi connectivity index (χ3v) is 5.01. The van der Waals surface area contributed by atoms with Crippen molar-refractivity contribution in [3.05, 3.63) is 22.3 Å². The van der Waals surface area contributed by atoms with E-state index in [4.69, 9.17) is 8.92 Å². The van der Waals surface area contributed by atoms with Crippen molar-refractivity contribution in [2.24, 2.45) is 5.92 Å². The van der Waals surface area contributed by atoms with Crippen molar-refractivity contribution in [3.63, 3.8) is 0 Å². The highest BCUT2D eigenvalue weighted by Crippen LogP contribution is 2.28. The van der Waals surface area contributed by atoms with Crippen LogP contribution in [-0.4, -0.2) is 32.4 Å². The molecule has 0 radical (unpaired) electrons. The molecule has 0 amide bonds. The molecule has 0 N–H and O–H groups in total. The fourth-order valence-electron chi connectivity index (χ4n) is 2.51. The van der Waals surface area contributed by atoms with Gasteiger partial charge in [-0.2, -0.15) is 8.42 Å². The maximum atomic E-state index is 11.3. The van der Waals surface area contributed by atoms with Gasteiger partial charge < -0.3 is 4.74 Å². The minimum Gasteiger partial charge on any atom is -0.477 e. The third kappa shape index (κ3) is 5.23. The summed E-state index contributed by atoms with van der Waals surface area (Å²) in [6, 6.07) is 3.69. The number of hydrogen-bond acceptors (Lipinski definition) is 5. The number of hydrogen-bond donors (Lipinski definition) is 0. The first kappa shape index (κ1) is 16.7. The zero-order chi connectivity index (χ0) is 15.5. The van der Waals surface area contributed by atoms with Gasteiger partial charge in [0.15, 0.2) is 0 Å². The second-order valence-corrected chi connectivity index (χ2v) is 7.87. The van der Waals surface area contributed by atoms with E-state index in [1.807, 2.05) is 13.0 Å². The van der Waals surface area contributed by atoms with Crippen LogP contribution in [0.5, 0.6) is 5.88 Å². The first-order valence-electron chi connectivity index (χ1n) is 6.99. The summed E-state index contributed by atoms with van der Waals surface area (Å²) in [7, 11) is -3.43. The van der Waals surface area contributed by atoms with Crippen LogP contribution in [0, 0.1) is 12.8 Å². The predicted octanol–water partition coefficient (Wildman–Crippen LogP) is 3.07. The lowest BCUT2D eigenvalue weighted by atomic mass is 9.87. The van der Waals surface area contributed by atoms with Gasteiger partial charge in [-0.05, 0) is 41.8 Å². The predicted molar refractivity (Wildman–Crippen MR) is 83.8 cm³/mol. The summed E-state index contributed by atoms with van der Waals surface area (Å²) >= 11 is 3.39. The average Bonchev–Trinajstić information content (AvgIpc) is 2.40. The molecule has 118 valence electrons. The molecular weight excluding hydrogens is 358 g/mol. The molecule has 7 heteroatoms. The van der Waals surface area contributed by atoms with E-state index in [0.29, 0.717) is 12.5 Å². The van der Waals surface area contributed by atoms with Crippen LogP contribution in [0.2, 0.25) is 0 Å². The summed E-state index contributed by atoms with van der Waals surface area (Å²) in [5, 5.41) is 0. The summed E-state index contributed by atoms with van der Waals surface area (Å²) in [6.45, 7) is 2.32. The van der Waals surface area contributed by atoms with Crippen LogP contribution in [0.3, 0.4) is 0 Å². The van der Waals surface area contributed by atoms with Gasteiger partial charge in [-0.3, -0.25) is 4.18 Å². The van der Waals surface area contributed by atoms with Gasteiger partial charge in [-0.15, -0.1) is 0 Å². The number of halogens is 1. The standard InChI is InChI=1S/C14H20BrNO4S/c1-10-12(15)7-8-14(16-10)19-9-11-5-3-4-6-13(11)20-21(2,17)18/h7-8,11,13H,3-6,9H2,1-2H3. The molecule has 21 heavy (non-hydrogen) atoms. The minimum atomic E-state index is -3.43. The van der Waals surface area contributed by atoms with E-state index < -0.39 is 10.1 Å². The highest BCUT2D eigenvalue weighted by molar-refractivity contribution is 9.10. The molecule has 0 aliphatic heterocycles. The SMILES string of the molecule is Cc1nc(OCC2CCCCC2OS(C)(=O)=O)ccc1Br. The molecule has 1 aromatic rings. The van der Waals surface area contributed by atoms with Crippen LogP contribution in [0.15, 0.2) is 16.6 Å². The molecule has 1 saturated carbocycles. The highest BCUT2D eigenvalue weighted by atomic mass is 79.9. The lowest BCUT2D eigenvalue weighted by Crippen LogP contribution is -2.33. The van der Waals surface area contributed by atoms with Gasteiger partial charge in [-0.1, -0.05) is 12.8 Å². The summed E-state index contributed by atoms with van der Waals surface area (Å²) in [5.41, 5.74) is 0.861. The molecule has 1 aliphatic rings. The molecule has 0 saturated heterocycles. The number of rotatable bonds is 5. The van der Waals surface area contributed by atoms with Crippen molar-refractivity contribution in [1.82, 2.24) is 4.98 Å². The van der Waals surface area contributed by atoms with E-state index in [1.165, 1.54) is 0 Å². The Morgan fingerprint density at radius 1 is 1.33 bits per heavy atom. The largest absolute Gasteiger partial charge is 0.477 e. The lowest BCUT2D eigenvalue weighted by molar-refractivity contribution is 0.0653. The van der Waals surface area contributed by atoms with Crippen LogP contribution < -0.4 is 4.74 Å². The number of aryl methyl sites for hydroxylation is 1. The summed E-state index contributed by atoms with van der Waals surface area (Å²) in [4.78, 5) is 4.33. The van der Waals surface area contributed by atoms with E-state index in [9.17, 15) is 8.42 Å². The molecular formula is C14H20BrNO4S. The fraction of sp³-hybridized carbons (Fsp3) is 0.643. The van der Waals surface area contributed by atoms with Crippen molar-refractivity contribution in [2.45, 2.75) is 38.7 Å². The van der Waals surface area contributed by atoms with Gasteiger partial charge in [-0.25, -0.2) is 4.98 Å². The van der Waals surface area contributed by atoms with E-state index >= 15 is 0 Å². The van der Waals surface area contributed by atoms with Gasteiger partial charge in [0, 0.05) is 16.5 Å². The van der Waals surface area contributed by atoms with Gasteiger partial charge in [0.2, 0.25) is 5.88 Å². The second-order valence-electron chi connectivity index (χ2n) is 5.41.